The zero-order chi connectivity index (χ0) is 18.0. The number of aromatic nitrogens is 1. The van der Waals surface area contributed by atoms with E-state index in [1.165, 1.54) is 13.3 Å². The molecule has 0 aliphatic carbocycles. The summed E-state index contributed by atoms with van der Waals surface area (Å²) in [5.41, 5.74) is 0.969. The summed E-state index contributed by atoms with van der Waals surface area (Å²) in [6.45, 7) is 5.65. The molecule has 0 aliphatic heterocycles. The standard InChI is InChI=1S/C18H23NO5/c1-10(2)15(9-20)19-8-13(18(22)24-5)17(21)12-6-11(3)16(23-4)7-14(12)19/h6-8,10,15,20H,9H2,1-5H3/t15-/m1/s1. The van der Waals surface area contributed by atoms with Gasteiger partial charge in [-0.2, -0.15) is 0 Å². The van der Waals surface area contributed by atoms with Gasteiger partial charge in [0.2, 0.25) is 5.43 Å². The molecule has 0 amide bonds. The van der Waals surface area contributed by atoms with Crippen molar-refractivity contribution in [3.63, 3.8) is 0 Å². The number of ether oxygens (including phenoxy) is 2. The number of aliphatic hydroxyl groups excluding tert-OH is 1. The van der Waals surface area contributed by atoms with Crippen molar-refractivity contribution in [1.29, 1.82) is 0 Å². The zero-order valence-electron chi connectivity index (χ0n) is 14.6. The van der Waals surface area contributed by atoms with Crippen LogP contribution in [0.5, 0.6) is 5.75 Å². The molecule has 1 heterocycles. The molecule has 24 heavy (non-hydrogen) atoms. The Labute approximate surface area is 140 Å². The van der Waals surface area contributed by atoms with Crippen molar-refractivity contribution in [3.8, 4) is 5.75 Å². The molecule has 2 aromatic rings. The maximum Gasteiger partial charge on any atom is 0.343 e. The fourth-order valence-corrected chi connectivity index (χ4v) is 2.85. The number of hydrogen-bond donors (Lipinski definition) is 1. The van der Waals surface area contributed by atoms with Gasteiger partial charge in [-0.3, -0.25) is 4.79 Å². The Balaban J connectivity index is 2.94. The van der Waals surface area contributed by atoms with Crippen LogP contribution in [0.4, 0.5) is 0 Å². The number of fused-ring (bicyclic) bond motifs is 1. The fourth-order valence-electron chi connectivity index (χ4n) is 2.85. The van der Waals surface area contributed by atoms with Crippen LogP contribution in [0, 0.1) is 12.8 Å². The van der Waals surface area contributed by atoms with E-state index in [0.717, 1.165) is 5.56 Å². The summed E-state index contributed by atoms with van der Waals surface area (Å²) in [5.74, 6) is 0.0463. The van der Waals surface area contributed by atoms with Gasteiger partial charge in [-0.1, -0.05) is 13.8 Å². The summed E-state index contributed by atoms with van der Waals surface area (Å²) in [6.07, 6.45) is 1.46. The average Bonchev–Trinajstić information content (AvgIpc) is 2.56. The first-order valence-corrected chi connectivity index (χ1v) is 7.78. The minimum absolute atomic E-state index is 0.0475. The number of carbonyl (C=O) groups is 1. The van der Waals surface area contributed by atoms with Crippen molar-refractivity contribution in [2.24, 2.45) is 5.92 Å². The molecule has 1 atom stereocenters. The Morgan fingerprint density at radius 3 is 2.46 bits per heavy atom. The van der Waals surface area contributed by atoms with Crippen LogP contribution in [0.15, 0.2) is 23.1 Å². The van der Waals surface area contributed by atoms with Crippen molar-refractivity contribution in [1.82, 2.24) is 4.57 Å². The van der Waals surface area contributed by atoms with E-state index in [1.807, 2.05) is 20.8 Å². The van der Waals surface area contributed by atoms with Gasteiger partial charge >= 0.3 is 5.97 Å². The largest absolute Gasteiger partial charge is 0.496 e. The van der Waals surface area contributed by atoms with Crippen LogP contribution in [0.1, 0.15) is 35.8 Å². The summed E-state index contributed by atoms with van der Waals surface area (Å²) in [7, 11) is 2.80. The van der Waals surface area contributed by atoms with E-state index in [2.05, 4.69) is 0 Å². The minimum Gasteiger partial charge on any atom is -0.496 e. The molecular formula is C18H23NO5. The molecule has 6 heteroatoms. The van der Waals surface area contributed by atoms with Gasteiger partial charge in [0.15, 0.2) is 0 Å². The number of rotatable bonds is 5. The number of aryl methyl sites for hydroxylation is 1. The highest BCUT2D eigenvalue weighted by atomic mass is 16.5. The molecule has 0 radical (unpaired) electrons. The number of esters is 1. The Morgan fingerprint density at radius 2 is 1.96 bits per heavy atom. The lowest BCUT2D eigenvalue weighted by Gasteiger charge is -2.25. The summed E-state index contributed by atoms with van der Waals surface area (Å²) in [6, 6.07) is 3.18. The van der Waals surface area contributed by atoms with Crippen LogP contribution in [0.25, 0.3) is 10.9 Å². The van der Waals surface area contributed by atoms with Crippen LogP contribution >= 0.6 is 0 Å². The lowest BCUT2D eigenvalue weighted by molar-refractivity contribution is 0.0597. The van der Waals surface area contributed by atoms with Crippen molar-refractivity contribution < 1.29 is 19.4 Å². The smallest absolute Gasteiger partial charge is 0.343 e. The van der Waals surface area contributed by atoms with Gasteiger partial charge in [0.05, 0.1) is 32.4 Å². The Morgan fingerprint density at radius 1 is 1.29 bits per heavy atom. The third-order valence-corrected chi connectivity index (χ3v) is 4.27. The molecule has 1 N–H and O–H groups in total. The predicted molar refractivity (Wildman–Crippen MR) is 91.8 cm³/mol. The van der Waals surface area contributed by atoms with E-state index in [9.17, 15) is 14.7 Å². The highest BCUT2D eigenvalue weighted by Crippen LogP contribution is 2.28. The second kappa shape index (κ2) is 7.05. The maximum absolute atomic E-state index is 12.7. The molecule has 0 saturated heterocycles. The van der Waals surface area contributed by atoms with Gasteiger partial charge in [0, 0.05) is 17.6 Å². The predicted octanol–water partition coefficient (Wildman–Crippen LogP) is 2.29. The van der Waals surface area contributed by atoms with Gasteiger partial charge in [-0.15, -0.1) is 0 Å². The highest BCUT2D eigenvalue weighted by molar-refractivity contribution is 5.94. The number of hydrogen-bond acceptors (Lipinski definition) is 5. The molecule has 0 saturated carbocycles. The van der Waals surface area contributed by atoms with Gasteiger partial charge in [0.1, 0.15) is 11.3 Å². The molecule has 2 rings (SSSR count). The van der Waals surface area contributed by atoms with E-state index < -0.39 is 5.97 Å². The number of nitrogens with zero attached hydrogens (tertiary/aromatic N) is 1. The Kier molecular flexibility index (Phi) is 5.29. The summed E-state index contributed by atoms with van der Waals surface area (Å²) in [4.78, 5) is 24.7. The molecule has 0 unspecified atom stereocenters. The van der Waals surface area contributed by atoms with E-state index in [-0.39, 0.29) is 29.6 Å². The summed E-state index contributed by atoms with van der Waals surface area (Å²) >= 11 is 0. The van der Waals surface area contributed by atoms with Crippen molar-refractivity contribution >= 4 is 16.9 Å². The molecular weight excluding hydrogens is 310 g/mol. The van der Waals surface area contributed by atoms with Crippen molar-refractivity contribution in [3.05, 3.63) is 39.7 Å². The molecule has 130 valence electrons. The van der Waals surface area contributed by atoms with Crippen molar-refractivity contribution in [2.75, 3.05) is 20.8 Å². The number of aliphatic hydroxyl groups is 1. The first-order chi connectivity index (χ1) is 11.3. The Hall–Kier alpha value is -2.34. The molecule has 0 fully saturated rings. The van der Waals surface area contributed by atoms with Crippen LogP contribution in [0.3, 0.4) is 0 Å². The van der Waals surface area contributed by atoms with E-state index in [1.54, 1.807) is 23.8 Å². The van der Waals surface area contributed by atoms with Crippen LogP contribution in [-0.2, 0) is 4.74 Å². The normalized spacial score (nSPS) is 12.5. The second-order valence-electron chi connectivity index (χ2n) is 6.10. The average molecular weight is 333 g/mol. The molecule has 6 nitrogen and oxygen atoms in total. The summed E-state index contributed by atoms with van der Waals surface area (Å²) < 4.78 is 11.8. The topological polar surface area (TPSA) is 77.8 Å². The van der Waals surface area contributed by atoms with Gasteiger partial charge in [-0.25, -0.2) is 4.79 Å². The van der Waals surface area contributed by atoms with E-state index in [0.29, 0.717) is 16.7 Å². The second-order valence-corrected chi connectivity index (χ2v) is 6.10. The number of pyridine rings is 1. The number of benzene rings is 1. The number of methoxy groups -OCH3 is 2. The van der Waals surface area contributed by atoms with Crippen molar-refractivity contribution in [2.45, 2.75) is 26.8 Å². The lowest BCUT2D eigenvalue weighted by Crippen LogP contribution is -2.26. The highest BCUT2D eigenvalue weighted by Gasteiger charge is 2.22. The Bertz CT molecular complexity index is 822. The SMILES string of the molecule is COC(=O)c1cn([C@H](CO)C(C)C)c2cc(OC)c(C)cc2c1=O. The minimum atomic E-state index is -0.690. The monoisotopic (exact) mass is 333 g/mol. The third kappa shape index (κ3) is 3.01. The molecule has 0 spiro atoms. The van der Waals surface area contributed by atoms with E-state index in [4.69, 9.17) is 9.47 Å². The van der Waals surface area contributed by atoms with Crippen LogP contribution < -0.4 is 10.2 Å². The first-order valence-electron chi connectivity index (χ1n) is 7.78. The molecule has 1 aromatic carbocycles. The first kappa shape index (κ1) is 18.0. The van der Waals surface area contributed by atoms with E-state index >= 15 is 0 Å². The van der Waals surface area contributed by atoms with Gasteiger partial charge in [0.25, 0.3) is 0 Å². The molecule has 1 aromatic heterocycles. The zero-order valence-corrected chi connectivity index (χ0v) is 14.6. The quantitative estimate of drug-likeness (QED) is 0.850. The molecule has 0 aliphatic rings. The number of carbonyl (C=O) groups excluding carboxylic acids is 1. The van der Waals surface area contributed by atoms with Gasteiger partial charge in [-0.05, 0) is 24.5 Å². The van der Waals surface area contributed by atoms with Crippen LogP contribution in [-0.4, -0.2) is 36.5 Å². The maximum atomic E-state index is 12.7. The molecule has 0 bridgehead atoms. The van der Waals surface area contributed by atoms with Crippen LogP contribution in [0.2, 0.25) is 0 Å². The fraction of sp³-hybridized carbons (Fsp3) is 0.444. The van der Waals surface area contributed by atoms with Gasteiger partial charge < -0.3 is 19.1 Å². The third-order valence-electron chi connectivity index (χ3n) is 4.27. The lowest BCUT2D eigenvalue weighted by atomic mass is 10.0. The summed E-state index contributed by atoms with van der Waals surface area (Å²) in [5, 5.41) is 10.2.